The number of carbonyl (C=O) groups excluding carboxylic acids is 1. The second-order valence-electron chi connectivity index (χ2n) is 4.93. The Kier molecular flexibility index (Phi) is 3.31. The molecule has 1 fully saturated rings. The minimum Gasteiger partial charge on any atom is -0.394 e. The van der Waals surface area contributed by atoms with Crippen molar-refractivity contribution in [1.82, 2.24) is 4.90 Å². The standard InChI is InChI=1S/C14H17NO2S/c16-9-11-5-3-7-15(11)14(17)13-8-10-4-1-2-6-12(10)18-13/h1-2,4,6,11,13,16H,3,5,7-9H2. The third kappa shape index (κ3) is 2.04. The normalized spacial score (nSPS) is 26.4. The van der Waals surface area contributed by atoms with Crippen molar-refractivity contribution in [3.63, 3.8) is 0 Å². The lowest BCUT2D eigenvalue weighted by Crippen LogP contribution is -2.42. The lowest BCUT2D eigenvalue weighted by molar-refractivity contribution is -0.132. The molecular formula is C14H17NO2S. The first-order valence-corrected chi connectivity index (χ1v) is 7.33. The Morgan fingerprint density at radius 2 is 2.28 bits per heavy atom. The van der Waals surface area contributed by atoms with Crippen LogP contribution in [0.15, 0.2) is 29.2 Å². The Labute approximate surface area is 111 Å². The zero-order valence-corrected chi connectivity index (χ0v) is 11.0. The largest absolute Gasteiger partial charge is 0.394 e. The molecule has 18 heavy (non-hydrogen) atoms. The third-order valence-electron chi connectivity index (χ3n) is 3.79. The number of hydrogen-bond donors (Lipinski definition) is 1. The maximum absolute atomic E-state index is 12.5. The highest BCUT2D eigenvalue weighted by molar-refractivity contribution is 8.01. The molecule has 1 aromatic carbocycles. The van der Waals surface area contributed by atoms with E-state index in [0.717, 1.165) is 25.8 Å². The van der Waals surface area contributed by atoms with Gasteiger partial charge in [-0.25, -0.2) is 0 Å². The molecule has 2 heterocycles. The molecule has 96 valence electrons. The first kappa shape index (κ1) is 12.1. The van der Waals surface area contributed by atoms with Gasteiger partial charge in [-0.05, 0) is 30.9 Å². The topological polar surface area (TPSA) is 40.5 Å². The fraction of sp³-hybridized carbons (Fsp3) is 0.500. The van der Waals surface area contributed by atoms with Gasteiger partial charge in [-0.15, -0.1) is 11.8 Å². The zero-order chi connectivity index (χ0) is 12.5. The molecule has 2 aliphatic rings. The summed E-state index contributed by atoms with van der Waals surface area (Å²) in [4.78, 5) is 15.6. The van der Waals surface area contributed by atoms with Crippen LogP contribution >= 0.6 is 11.8 Å². The SMILES string of the molecule is O=C(C1Cc2ccccc2S1)N1CCCC1CO. The van der Waals surface area contributed by atoms with Crippen molar-refractivity contribution >= 4 is 17.7 Å². The average Bonchev–Trinajstić information content (AvgIpc) is 3.03. The first-order valence-electron chi connectivity index (χ1n) is 6.45. The molecule has 1 N–H and O–H groups in total. The number of thioether (sulfide) groups is 1. The van der Waals surface area contributed by atoms with Crippen molar-refractivity contribution in [2.45, 2.75) is 35.4 Å². The number of aliphatic hydroxyl groups excluding tert-OH is 1. The van der Waals surface area contributed by atoms with Crippen LogP contribution in [0, 0.1) is 0 Å². The quantitative estimate of drug-likeness (QED) is 0.882. The second kappa shape index (κ2) is 4.94. The Hall–Kier alpha value is -1.00. The Morgan fingerprint density at radius 3 is 3.06 bits per heavy atom. The molecule has 2 atom stereocenters. The van der Waals surface area contributed by atoms with E-state index in [9.17, 15) is 9.90 Å². The van der Waals surface area contributed by atoms with Crippen LogP contribution in [-0.2, 0) is 11.2 Å². The molecular weight excluding hydrogens is 246 g/mol. The van der Waals surface area contributed by atoms with E-state index in [0.29, 0.717) is 0 Å². The molecule has 2 aliphatic heterocycles. The lowest BCUT2D eigenvalue weighted by atomic mass is 10.1. The summed E-state index contributed by atoms with van der Waals surface area (Å²) in [7, 11) is 0. The van der Waals surface area contributed by atoms with Crippen LogP contribution in [-0.4, -0.2) is 40.4 Å². The molecule has 4 heteroatoms. The Balaban J connectivity index is 1.72. The summed E-state index contributed by atoms with van der Waals surface area (Å²) >= 11 is 1.67. The van der Waals surface area contributed by atoms with Crippen molar-refractivity contribution in [3.05, 3.63) is 29.8 Å². The zero-order valence-electron chi connectivity index (χ0n) is 10.2. The van der Waals surface area contributed by atoms with Crippen LogP contribution in [0.4, 0.5) is 0 Å². The highest BCUT2D eigenvalue weighted by Crippen LogP contribution is 2.38. The van der Waals surface area contributed by atoms with E-state index in [4.69, 9.17) is 0 Å². The molecule has 0 radical (unpaired) electrons. The summed E-state index contributed by atoms with van der Waals surface area (Å²) in [5, 5.41) is 9.31. The minimum absolute atomic E-state index is 0.00884. The summed E-state index contributed by atoms with van der Waals surface area (Å²) in [6.45, 7) is 0.896. The lowest BCUT2D eigenvalue weighted by Gasteiger charge is -2.25. The van der Waals surface area contributed by atoms with Crippen LogP contribution in [0.5, 0.6) is 0 Å². The molecule has 0 spiro atoms. The van der Waals surface area contributed by atoms with Gasteiger partial charge in [0, 0.05) is 11.4 Å². The van der Waals surface area contributed by atoms with Gasteiger partial charge in [0.25, 0.3) is 0 Å². The van der Waals surface area contributed by atoms with Crippen molar-refractivity contribution in [2.24, 2.45) is 0 Å². The van der Waals surface area contributed by atoms with Crippen LogP contribution in [0.2, 0.25) is 0 Å². The Morgan fingerprint density at radius 1 is 1.44 bits per heavy atom. The summed E-state index contributed by atoms with van der Waals surface area (Å²) < 4.78 is 0. The number of rotatable bonds is 2. The number of aliphatic hydroxyl groups is 1. The van der Waals surface area contributed by atoms with Crippen LogP contribution in [0.3, 0.4) is 0 Å². The number of benzene rings is 1. The van der Waals surface area contributed by atoms with E-state index in [1.54, 1.807) is 11.8 Å². The Bertz CT molecular complexity index is 438. The highest BCUT2D eigenvalue weighted by Gasteiger charge is 2.36. The molecule has 3 rings (SSSR count). The van der Waals surface area contributed by atoms with Gasteiger partial charge in [0.2, 0.25) is 5.91 Å². The number of carbonyl (C=O) groups is 1. The monoisotopic (exact) mass is 263 g/mol. The van der Waals surface area contributed by atoms with E-state index in [1.165, 1.54) is 10.5 Å². The summed E-state index contributed by atoms with van der Waals surface area (Å²) in [6.07, 6.45) is 2.78. The van der Waals surface area contributed by atoms with E-state index in [1.807, 2.05) is 17.0 Å². The van der Waals surface area contributed by atoms with Gasteiger partial charge in [0.15, 0.2) is 0 Å². The predicted molar refractivity (Wildman–Crippen MR) is 71.6 cm³/mol. The van der Waals surface area contributed by atoms with Gasteiger partial charge < -0.3 is 10.0 Å². The fourth-order valence-electron chi connectivity index (χ4n) is 2.82. The predicted octanol–water partition coefficient (Wildman–Crippen LogP) is 1.69. The molecule has 0 saturated carbocycles. The fourth-order valence-corrected chi connectivity index (χ4v) is 4.09. The number of amides is 1. The highest BCUT2D eigenvalue weighted by atomic mass is 32.2. The van der Waals surface area contributed by atoms with E-state index >= 15 is 0 Å². The van der Waals surface area contributed by atoms with Gasteiger partial charge in [-0.3, -0.25) is 4.79 Å². The molecule has 1 amide bonds. The van der Waals surface area contributed by atoms with Gasteiger partial charge in [-0.1, -0.05) is 18.2 Å². The minimum atomic E-state index is 0.00884. The smallest absolute Gasteiger partial charge is 0.236 e. The number of nitrogens with zero attached hydrogens (tertiary/aromatic N) is 1. The van der Waals surface area contributed by atoms with Gasteiger partial charge in [0.1, 0.15) is 0 Å². The van der Waals surface area contributed by atoms with Gasteiger partial charge in [-0.2, -0.15) is 0 Å². The van der Waals surface area contributed by atoms with Crippen molar-refractivity contribution in [2.75, 3.05) is 13.2 Å². The third-order valence-corrected chi connectivity index (χ3v) is 5.10. The van der Waals surface area contributed by atoms with Crippen molar-refractivity contribution in [1.29, 1.82) is 0 Å². The first-order chi connectivity index (χ1) is 8.79. The molecule has 2 unspecified atom stereocenters. The number of fused-ring (bicyclic) bond motifs is 1. The molecule has 3 nitrogen and oxygen atoms in total. The molecule has 0 aliphatic carbocycles. The van der Waals surface area contributed by atoms with E-state index in [-0.39, 0.29) is 23.8 Å². The molecule has 1 aromatic rings. The summed E-state index contributed by atoms with van der Waals surface area (Å²) in [5.41, 5.74) is 1.28. The summed E-state index contributed by atoms with van der Waals surface area (Å²) in [5.74, 6) is 0.202. The molecule has 0 aromatic heterocycles. The van der Waals surface area contributed by atoms with Crippen LogP contribution in [0.25, 0.3) is 0 Å². The molecule has 0 bridgehead atoms. The number of likely N-dealkylation sites (tertiary alicyclic amines) is 1. The van der Waals surface area contributed by atoms with Gasteiger partial charge >= 0.3 is 0 Å². The maximum Gasteiger partial charge on any atom is 0.236 e. The van der Waals surface area contributed by atoms with Crippen LogP contribution < -0.4 is 0 Å². The molecule has 1 saturated heterocycles. The average molecular weight is 263 g/mol. The second-order valence-corrected chi connectivity index (χ2v) is 6.17. The summed E-state index contributed by atoms with van der Waals surface area (Å²) in [6, 6.07) is 8.27. The number of hydrogen-bond acceptors (Lipinski definition) is 3. The van der Waals surface area contributed by atoms with E-state index < -0.39 is 0 Å². The van der Waals surface area contributed by atoms with Gasteiger partial charge in [0.05, 0.1) is 17.9 Å². The van der Waals surface area contributed by atoms with Crippen molar-refractivity contribution in [3.8, 4) is 0 Å². The van der Waals surface area contributed by atoms with E-state index in [2.05, 4.69) is 12.1 Å². The maximum atomic E-state index is 12.5. The van der Waals surface area contributed by atoms with Crippen LogP contribution in [0.1, 0.15) is 18.4 Å². The van der Waals surface area contributed by atoms with Crippen molar-refractivity contribution < 1.29 is 9.90 Å².